The molecular weight excluding hydrogens is 288 g/mol. The van der Waals surface area contributed by atoms with Crippen molar-refractivity contribution in [1.82, 2.24) is 0 Å². The lowest BCUT2D eigenvalue weighted by Crippen LogP contribution is -2.07. The summed E-state index contributed by atoms with van der Waals surface area (Å²) >= 11 is 1.84. The number of carboxylic acid groups (broad SMARTS) is 1. The van der Waals surface area contributed by atoms with Crippen molar-refractivity contribution in [3.05, 3.63) is 35.4 Å². The maximum atomic E-state index is 10.6. The molecule has 0 bridgehead atoms. The fraction of sp³-hybridized carbons (Fsp3) is 0.438. The third-order valence-electron chi connectivity index (χ3n) is 3.30. The molecule has 21 heavy (non-hydrogen) atoms. The van der Waals surface area contributed by atoms with E-state index in [0.29, 0.717) is 11.9 Å². The number of hydrogen-bond donors (Lipinski definition) is 1. The molecule has 1 saturated heterocycles. The van der Waals surface area contributed by atoms with Crippen molar-refractivity contribution in [3.8, 4) is 5.75 Å². The van der Waals surface area contributed by atoms with E-state index in [1.165, 1.54) is 0 Å². The van der Waals surface area contributed by atoms with E-state index < -0.39 is 5.97 Å². The van der Waals surface area contributed by atoms with Gasteiger partial charge in [-0.3, -0.25) is 0 Å². The molecule has 5 heteroatoms. The summed E-state index contributed by atoms with van der Waals surface area (Å²) in [6.45, 7) is 0.887. The minimum absolute atomic E-state index is 0.389. The normalized spacial score (nSPS) is 18.2. The lowest BCUT2D eigenvalue weighted by molar-refractivity contribution is -0.131. The monoisotopic (exact) mass is 308 g/mol. The third kappa shape index (κ3) is 5.10. The van der Waals surface area contributed by atoms with Gasteiger partial charge in [-0.05, 0) is 36.6 Å². The molecule has 1 aliphatic heterocycles. The Morgan fingerprint density at radius 3 is 3.10 bits per heavy atom. The standard InChI is InChI=1S/C16H20O4S/c1-19-15-6-4-12(9-13(15)5-7-16(17)18)10-21-11-14-3-2-8-20-14/h4-7,9,14H,2-3,8,10-11H2,1H3,(H,17,18)/b7-5+. The van der Waals surface area contributed by atoms with Gasteiger partial charge in [-0.2, -0.15) is 11.8 Å². The zero-order valence-electron chi connectivity index (χ0n) is 12.1. The number of thioether (sulfide) groups is 1. The van der Waals surface area contributed by atoms with Gasteiger partial charge in [0.2, 0.25) is 0 Å². The van der Waals surface area contributed by atoms with Gasteiger partial charge in [-0.15, -0.1) is 0 Å². The summed E-state index contributed by atoms with van der Waals surface area (Å²) in [5.74, 6) is 1.61. The second-order valence-electron chi connectivity index (χ2n) is 4.90. The molecular formula is C16H20O4S. The highest BCUT2D eigenvalue weighted by atomic mass is 32.2. The minimum atomic E-state index is -0.963. The van der Waals surface area contributed by atoms with Crippen molar-refractivity contribution in [1.29, 1.82) is 0 Å². The van der Waals surface area contributed by atoms with E-state index in [1.54, 1.807) is 13.2 Å². The van der Waals surface area contributed by atoms with E-state index in [9.17, 15) is 4.79 Å². The largest absolute Gasteiger partial charge is 0.496 e. The van der Waals surface area contributed by atoms with Crippen LogP contribution in [-0.4, -0.2) is 36.6 Å². The first-order valence-corrected chi connectivity index (χ1v) is 8.12. The van der Waals surface area contributed by atoms with E-state index in [1.807, 2.05) is 30.0 Å². The number of hydrogen-bond acceptors (Lipinski definition) is 4. The van der Waals surface area contributed by atoms with Crippen molar-refractivity contribution < 1.29 is 19.4 Å². The first-order chi connectivity index (χ1) is 10.2. The average Bonchev–Trinajstić information content (AvgIpc) is 2.98. The number of carbonyl (C=O) groups is 1. The smallest absolute Gasteiger partial charge is 0.328 e. The van der Waals surface area contributed by atoms with Crippen LogP contribution in [0.5, 0.6) is 5.75 Å². The first kappa shape index (κ1) is 15.9. The number of rotatable bonds is 7. The van der Waals surface area contributed by atoms with Gasteiger partial charge in [0, 0.05) is 29.8 Å². The zero-order chi connectivity index (χ0) is 15.1. The van der Waals surface area contributed by atoms with Gasteiger partial charge in [-0.1, -0.05) is 6.07 Å². The topological polar surface area (TPSA) is 55.8 Å². The predicted octanol–water partition coefficient (Wildman–Crippen LogP) is 3.21. The van der Waals surface area contributed by atoms with Crippen LogP contribution in [0.15, 0.2) is 24.3 Å². The van der Waals surface area contributed by atoms with Crippen LogP contribution >= 0.6 is 11.8 Å². The molecule has 1 aromatic carbocycles. The third-order valence-corrected chi connectivity index (χ3v) is 4.44. The molecule has 1 aromatic rings. The second-order valence-corrected chi connectivity index (χ2v) is 5.93. The maximum absolute atomic E-state index is 10.6. The molecule has 0 saturated carbocycles. The van der Waals surface area contributed by atoms with E-state index in [0.717, 1.165) is 48.2 Å². The fourth-order valence-electron chi connectivity index (χ4n) is 2.25. The Hall–Kier alpha value is -1.46. The highest BCUT2D eigenvalue weighted by molar-refractivity contribution is 7.98. The zero-order valence-corrected chi connectivity index (χ0v) is 12.9. The number of ether oxygens (including phenoxy) is 2. The molecule has 4 nitrogen and oxygen atoms in total. The van der Waals surface area contributed by atoms with Gasteiger partial charge < -0.3 is 14.6 Å². The summed E-state index contributed by atoms with van der Waals surface area (Å²) in [4.78, 5) is 10.6. The molecule has 0 aromatic heterocycles. The lowest BCUT2D eigenvalue weighted by Gasteiger charge is -2.10. The molecule has 1 unspecified atom stereocenters. The van der Waals surface area contributed by atoms with Gasteiger partial charge >= 0.3 is 5.97 Å². The molecule has 0 aliphatic carbocycles. The summed E-state index contributed by atoms with van der Waals surface area (Å²) in [6, 6.07) is 5.86. The Labute approximate surface area is 129 Å². The van der Waals surface area contributed by atoms with Gasteiger partial charge in [0.15, 0.2) is 0 Å². The molecule has 0 radical (unpaired) electrons. The fourth-order valence-corrected chi connectivity index (χ4v) is 3.31. The van der Waals surface area contributed by atoms with Crippen molar-refractivity contribution >= 4 is 23.8 Å². The van der Waals surface area contributed by atoms with Crippen LogP contribution in [0.3, 0.4) is 0 Å². The van der Waals surface area contributed by atoms with Crippen LogP contribution in [-0.2, 0) is 15.3 Å². The van der Waals surface area contributed by atoms with E-state index >= 15 is 0 Å². The molecule has 1 N–H and O–H groups in total. The highest BCUT2D eigenvalue weighted by Gasteiger charge is 2.15. The Balaban J connectivity index is 1.95. The van der Waals surface area contributed by atoms with Crippen molar-refractivity contribution in [3.63, 3.8) is 0 Å². The molecule has 1 fully saturated rings. The summed E-state index contributed by atoms with van der Waals surface area (Å²) in [5, 5.41) is 8.72. The Morgan fingerprint density at radius 2 is 2.43 bits per heavy atom. The number of benzene rings is 1. The molecule has 0 amide bonds. The average molecular weight is 308 g/mol. The molecule has 1 atom stereocenters. The van der Waals surface area contributed by atoms with Crippen LogP contribution in [0, 0.1) is 0 Å². The van der Waals surface area contributed by atoms with Crippen LogP contribution in [0.25, 0.3) is 6.08 Å². The number of aliphatic carboxylic acids is 1. The molecule has 1 heterocycles. The lowest BCUT2D eigenvalue weighted by atomic mass is 10.1. The van der Waals surface area contributed by atoms with Crippen LogP contribution in [0.2, 0.25) is 0 Å². The Bertz CT molecular complexity index is 507. The quantitative estimate of drug-likeness (QED) is 0.784. The number of carboxylic acids is 1. The second kappa shape index (κ2) is 8.10. The first-order valence-electron chi connectivity index (χ1n) is 6.96. The van der Waals surface area contributed by atoms with Crippen molar-refractivity contribution in [2.75, 3.05) is 19.5 Å². The summed E-state index contributed by atoms with van der Waals surface area (Å²) in [7, 11) is 1.58. The highest BCUT2D eigenvalue weighted by Crippen LogP contribution is 2.25. The van der Waals surface area contributed by atoms with Gasteiger partial charge in [-0.25, -0.2) is 4.79 Å². The van der Waals surface area contributed by atoms with Crippen LogP contribution in [0.1, 0.15) is 24.0 Å². The Morgan fingerprint density at radius 1 is 1.57 bits per heavy atom. The van der Waals surface area contributed by atoms with Crippen molar-refractivity contribution in [2.24, 2.45) is 0 Å². The molecule has 114 valence electrons. The van der Waals surface area contributed by atoms with Crippen LogP contribution in [0.4, 0.5) is 0 Å². The Kier molecular flexibility index (Phi) is 6.14. The van der Waals surface area contributed by atoms with E-state index in [4.69, 9.17) is 14.6 Å². The van der Waals surface area contributed by atoms with Gasteiger partial charge in [0.05, 0.1) is 13.2 Å². The summed E-state index contributed by atoms with van der Waals surface area (Å²) in [5.41, 5.74) is 1.94. The van der Waals surface area contributed by atoms with Gasteiger partial charge in [0.25, 0.3) is 0 Å². The summed E-state index contributed by atoms with van der Waals surface area (Å²) < 4.78 is 10.8. The van der Waals surface area contributed by atoms with E-state index in [-0.39, 0.29) is 0 Å². The van der Waals surface area contributed by atoms with Gasteiger partial charge in [0.1, 0.15) is 5.75 Å². The molecule has 2 rings (SSSR count). The maximum Gasteiger partial charge on any atom is 0.328 e. The summed E-state index contributed by atoms with van der Waals surface area (Å²) in [6.07, 6.45) is 5.40. The molecule has 1 aliphatic rings. The van der Waals surface area contributed by atoms with E-state index in [2.05, 4.69) is 0 Å². The minimum Gasteiger partial charge on any atom is -0.496 e. The number of methoxy groups -OCH3 is 1. The van der Waals surface area contributed by atoms with Crippen molar-refractivity contribution in [2.45, 2.75) is 24.7 Å². The SMILES string of the molecule is COc1ccc(CSCC2CCCO2)cc1/C=C/C(=O)O. The van der Waals surface area contributed by atoms with Crippen LogP contribution < -0.4 is 4.74 Å². The predicted molar refractivity (Wildman–Crippen MR) is 84.8 cm³/mol. The molecule has 0 spiro atoms.